The van der Waals surface area contributed by atoms with Crippen molar-refractivity contribution < 1.29 is 4.42 Å². The largest absolute Gasteiger partial charge is 0.455 e. The van der Waals surface area contributed by atoms with Gasteiger partial charge in [0.05, 0.1) is 5.41 Å². The minimum absolute atomic E-state index is 0.435. The predicted octanol–water partition coefficient (Wildman–Crippen LogP) is 17.7. The van der Waals surface area contributed by atoms with Crippen molar-refractivity contribution in [3.63, 3.8) is 0 Å². The molecule has 11 aromatic rings. The molecule has 67 heavy (non-hydrogen) atoms. The minimum Gasteiger partial charge on any atom is -0.455 e. The van der Waals surface area contributed by atoms with Crippen LogP contribution in [0.1, 0.15) is 35.1 Å². The Kier molecular flexibility index (Phi) is 9.25. The van der Waals surface area contributed by atoms with Crippen molar-refractivity contribution in [2.75, 3.05) is 4.90 Å². The average Bonchev–Trinajstić information content (AvgIpc) is 3.93. The topological polar surface area (TPSA) is 16.4 Å². The van der Waals surface area contributed by atoms with E-state index in [0.29, 0.717) is 0 Å². The number of anilines is 3. The lowest BCUT2D eigenvalue weighted by atomic mass is 9.65. The molecule has 0 atom stereocenters. The summed E-state index contributed by atoms with van der Waals surface area (Å²) in [7, 11) is 0. The van der Waals surface area contributed by atoms with E-state index >= 15 is 0 Å². The van der Waals surface area contributed by atoms with Crippen LogP contribution in [0.5, 0.6) is 0 Å². The summed E-state index contributed by atoms with van der Waals surface area (Å²) in [5.74, 6) is 0. The quantitative estimate of drug-likeness (QED) is 0.151. The summed E-state index contributed by atoms with van der Waals surface area (Å²) in [6, 6.07) is 86.6. The number of hydrogen-bond donors (Lipinski definition) is 0. The molecule has 10 aromatic carbocycles. The van der Waals surface area contributed by atoms with Crippen molar-refractivity contribution in [3.05, 3.63) is 277 Å². The molecule has 0 amide bonds. The van der Waals surface area contributed by atoms with E-state index in [-0.39, 0.29) is 0 Å². The van der Waals surface area contributed by atoms with Crippen LogP contribution in [-0.2, 0) is 5.41 Å². The average molecular weight is 856 g/mol. The lowest BCUT2D eigenvalue weighted by molar-refractivity contribution is 0.670. The van der Waals surface area contributed by atoms with E-state index in [1.165, 1.54) is 55.3 Å². The van der Waals surface area contributed by atoms with Crippen LogP contribution in [0.3, 0.4) is 0 Å². The van der Waals surface area contributed by atoms with E-state index in [9.17, 15) is 0 Å². The smallest absolute Gasteiger partial charge is 0.143 e. The van der Waals surface area contributed by atoms with Gasteiger partial charge in [-0.1, -0.05) is 194 Å². The Morgan fingerprint density at radius 2 is 1.00 bits per heavy atom. The fourth-order valence-corrected chi connectivity index (χ4v) is 11.2. The van der Waals surface area contributed by atoms with Gasteiger partial charge >= 0.3 is 0 Å². The molecule has 0 saturated carbocycles. The van der Waals surface area contributed by atoms with Crippen LogP contribution < -0.4 is 4.90 Å². The zero-order valence-electron chi connectivity index (χ0n) is 36.9. The van der Waals surface area contributed by atoms with E-state index < -0.39 is 5.41 Å². The molecule has 1 heterocycles. The van der Waals surface area contributed by atoms with E-state index in [1.807, 2.05) is 6.07 Å². The van der Waals surface area contributed by atoms with Gasteiger partial charge < -0.3 is 9.32 Å². The highest BCUT2D eigenvalue weighted by atomic mass is 16.3. The van der Waals surface area contributed by atoms with Crippen LogP contribution in [0.15, 0.2) is 259 Å². The number of allylic oxidation sites excluding steroid dienone is 4. The van der Waals surface area contributed by atoms with Crippen LogP contribution in [0.4, 0.5) is 17.1 Å². The van der Waals surface area contributed by atoms with Gasteiger partial charge in [0, 0.05) is 33.4 Å². The van der Waals surface area contributed by atoms with Crippen molar-refractivity contribution in [1.82, 2.24) is 0 Å². The van der Waals surface area contributed by atoms with E-state index in [1.54, 1.807) is 0 Å². The molecule has 2 aliphatic carbocycles. The molecular formula is C65H45NO. The van der Waals surface area contributed by atoms with Gasteiger partial charge in [0.2, 0.25) is 0 Å². The third-order valence-electron chi connectivity index (χ3n) is 14.2. The van der Waals surface area contributed by atoms with E-state index in [2.05, 4.69) is 248 Å². The van der Waals surface area contributed by atoms with Gasteiger partial charge in [-0.2, -0.15) is 0 Å². The highest BCUT2D eigenvalue weighted by molar-refractivity contribution is 6.13. The summed E-state index contributed by atoms with van der Waals surface area (Å²) < 4.78 is 6.77. The first-order valence-electron chi connectivity index (χ1n) is 23.4. The predicted molar refractivity (Wildman–Crippen MR) is 280 cm³/mol. The second-order valence-electron chi connectivity index (χ2n) is 17.9. The summed E-state index contributed by atoms with van der Waals surface area (Å²) in [6.45, 7) is 0. The Morgan fingerprint density at radius 3 is 1.73 bits per heavy atom. The second-order valence-corrected chi connectivity index (χ2v) is 17.9. The Morgan fingerprint density at radius 1 is 0.418 bits per heavy atom. The number of furan rings is 1. The Bertz CT molecular complexity index is 3670. The lowest BCUT2D eigenvalue weighted by Gasteiger charge is -2.37. The second kappa shape index (κ2) is 15.9. The molecule has 2 nitrogen and oxygen atoms in total. The van der Waals surface area contributed by atoms with Gasteiger partial charge in [0.25, 0.3) is 0 Å². The fraction of sp³-hybridized carbons (Fsp3) is 0.0462. The van der Waals surface area contributed by atoms with Crippen LogP contribution in [0.2, 0.25) is 0 Å². The first-order chi connectivity index (χ1) is 33.2. The van der Waals surface area contributed by atoms with E-state index in [0.717, 1.165) is 74.1 Å². The first kappa shape index (κ1) is 39.0. The van der Waals surface area contributed by atoms with Gasteiger partial charge in [-0.15, -0.1) is 0 Å². The maximum atomic E-state index is 6.77. The van der Waals surface area contributed by atoms with E-state index in [4.69, 9.17) is 4.42 Å². The standard InChI is InChI=1S/C65H45NO/c1-4-16-44(17-5-1)46-30-34-52(35-31-46)66(54-38-39-57-56-24-12-14-26-60(56)65(61(57)43-54,50-20-6-2-7-21-50)51-22-8-3-9-23-51)53-36-32-47(33-37-53)55-40-41-59-58-25-13-15-27-62(58)67-64(59)63(55)49-29-28-45-18-10-11-19-48(45)42-49/h1-13,15-25,27-43H,14,26H2. The monoisotopic (exact) mass is 855 g/mol. The molecule has 0 saturated heterocycles. The van der Waals surface area contributed by atoms with Gasteiger partial charge in [0.15, 0.2) is 0 Å². The van der Waals surface area contributed by atoms with Crippen molar-refractivity contribution in [2.45, 2.75) is 18.3 Å². The zero-order valence-corrected chi connectivity index (χ0v) is 36.9. The molecular weight excluding hydrogens is 811 g/mol. The lowest BCUT2D eigenvalue weighted by Crippen LogP contribution is -2.30. The van der Waals surface area contributed by atoms with Crippen LogP contribution in [0.25, 0.3) is 71.7 Å². The Labute approximate surface area is 391 Å². The molecule has 13 rings (SSSR count). The molecule has 2 aliphatic rings. The van der Waals surface area contributed by atoms with Crippen LogP contribution >= 0.6 is 0 Å². The highest BCUT2D eigenvalue weighted by Crippen LogP contribution is 2.58. The first-order valence-corrected chi connectivity index (χ1v) is 23.4. The number of fused-ring (bicyclic) bond motifs is 6. The number of rotatable bonds is 8. The van der Waals surface area contributed by atoms with Crippen molar-refractivity contribution >= 4 is 55.3 Å². The molecule has 2 heteroatoms. The highest BCUT2D eigenvalue weighted by Gasteiger charge is 2.47. The third-order valence-corrected chi connectivity index (χ3v) is 14.2. The van der Waals surface area contributed by atoms with Gasteiger partial charge in [-0.05, 0) is 139 Å². The SMILES string of the molecule is C1=CC2=C(CC1)C(c1ccccc1)(c1ccccc1)c1cc(N(c3ccc(-c4ccccc4)cc3)c3ccc(-c4ccc5c(oc6ccccc65)c4-c4ccc5ccccc5c4)cc3)ccc12. The maximum absolute atomic E-state index is 6.77. The molecule has 0 fully saturated rings. The normalized spacial score (nSPS) is 13.9. The number of para-hydroxylation sites is 1. The van der Waals surface area contributed by atoms with Gasteiger partial charge in [0.1, 0.15) is 11.2 Å². The van der Waals surface area contributed by atoms with Gasteiger partial charge in [-0.25, -0.2) is 0 Å². The zero-order chi connectivity index (χ0) is 44.3. The summed E-state index contributed by atoms with van der Waals surface area (Å²) in [5.41, 5.74) is 19.6. The summed E-state index contributed by atoms with van der Waals surface area (Å²) in [6.07, 6.45) is 6.76. The van der Waals surface area contributed by atoms with Crippen LogP contribution in [0, 0.1) is 0 Å². The van der Waals surface area contributed by atoms with Crippen molar-refractivity contribution in [3.8, 4) is 33.4 Å². The number of benzene rings is 10. The summed E-state index contributed by atoms with van der Waals surface area (Å²) >= 11 is 0. The van der Waals surface area contributed by atoms with Crippen molar-refractivity contribution in [1.29, 1.82) is 0 Å². The summed E-state index contributed by atoms with van der Waals surface area (Å²) in [5, 5.41) is 4.66. The molecule has 1 aromatic heterocycles. The molecule has 0 aliphatic heterocycles. The summed E-state index contributed by atoms with van der Waals surface area (Å²) in [4.78, 5) is 2.43. The number of hydrogen-bond acceptors (Lipinski definition) is 2. The molecule has 0 N–H and O–H groups in total. The maximum Gasteiger partial charge on any atom is 0.143 e. The molecule has 0 spiro atoms. The third kappa shape index (κ3) is 6.32. The van der Waals surface area contributed by atoms with Gasteiger partial charge in [-0.3, -0.25) is 0 Å². The Balaban J connectivity index is 0.994. The number of nitrogens with zero attached hydrogens (tertiary/aromatic N) is 1. The fourth-order valence-electron chi connectivity index (χ4n) is 11.2. The minimum atomic E-state index is -0.435. The molecule has 0 radical (unpaired) electrons. The van der Waals surface area contributed by atoms with Crippen molar-refractivity contribution in [2.24, 2.45) is 0 Å². The Hall–Kier alpha value is -8.46. The molecule has 316 valence electrons. The molecule has 0 bridgehead atoms. The van der Waals surface area contributed by atoms with Crippen LogP contribution in [-0.4, -0.2) is 0 Å². The molecule has 0 unspecified atom stereocenters.